The van der Waals surface area contributed by atoms with Crippen LogP contribution in [0, 0.1) is 5.41 Å². The zero-order chi connectivity index (χ0) is 11.2. The van der Waals surface area contributed by atoms with Gasteiger partial charge in [0.2, 0.25) is 5.91 Å². The summed E-state index contributed by atoms with van der Waals surface area (Å²) in [6, 6.07) is 0. The van der Waals surface area contributed by atoms with E-state index in [1.165, 1.54) is 0 Å². The molecule has 0 bridgehead atoms. The van der Waals surface area contributed by atoms with Crippen LogP contribution in [0.1, 0.15) is 20.3 Å². The van der Waals surface area contributed by atoms with E-state index >= 15 is 0 Å². The molecule has 0 aliphatic rings. The van der Waals surface area contributed by atoms with Crippen molar-refractivity contribution < 1.29 is 9.53 Å². The van der Waals surface area contributed by atoms with Crippen molar-refractivity contribution >= 4 is 23.1 Å². The first-order chi connectivity index (χ1) is 6.40. The maximum Gasteiger partial charge on any atom is 0.222 e. The number of ether oxygens (including phenoxy) is 1. The van der Waals surface area contributed by atoms with Gasteiger partial charge in [0.25, 0.3) is 0 Å². The second-order valence-electron chi connectivity index (χ2n) is 3.77. The van der Waals surface area contributed by atoms with Gasteiger partial charge in [-0.2, -0.15) is 0 Å². The Morgan fingerprint density at radius 1 is 1.57 bits per heavy atom. The summed E-state index contributed by atoms with van der Waals surface area (Å²) >= 11 is 4.87. The molecule has 0 heterocycles. The highest BCUT2D eigenvalue weighted by Gasteiger charge is 2.21. The predicted molar refractivity (Wildman–Crippen MR) is 60.1 cm³/mol. The number of nitrogens with one attached hydrogen (secondary N) is 1. The summed E-state index contributed by atoms with van der Waals surface area (Å²) in [4.78, 5) is 11.6. The third kappa shape index (κ3) is 5.14. The van der Waals surface area contributed by atoms with Crippen molar-refractivity contribution in [3.63, 3.8) is 0 Å². The van der Waals surface area contributed by atoms with Crippen LogP contribution in [-0.4, -0.2) is 31.2 Å². The van der Waals surface area contributed by atoms with Crippen molar-refractivity contribution in [2.24, 2.45) is 11.1 Å². The molecule has 0 aliphatic carbocycles. The summed E-state index contributed by atoms with van der Waals surface area (Å²) in [6.07, 6.45) is 0.365. The Morgan fingerprint density at radius 3 is 2.57 bits per heavy atom. The SMILES string of the molecule is COCCC(=O)NCC(C)(C)C(N)=S. The van der Waals surface area contributed by atoms with E-state index in [1.807, 2.05) is 13.8 Å². The first-order valence-corrected chi connectivity index (χ1v) is 4.86. The third-order valence-electron chi connectivity index (χ3n) is 1.93. The molecule has 0 unspecified atom stereocenters. The molecule has 0 saturated heterocycles. The van der Waals surface area contributed by atoms with Gasteiger partial charge in [-0.15, -0.1) is 0 Å². The molecule has 5 heteroatoms. The monoisotopic (exact) mass is 218 g/mol. The van der Waals surface area contributed by atoms with Crippen LogP contribution < -0.4 is 11.1 Å². The van der Waals surface area contributed by atoms with Crippen molar-refractivity contribution in [3.05, 3.63) is 0 Å². The lowest BCUT2D eigenvalue weighted by atomic mass is 9.93. The van der Waals surface area contributed by atoms with Crippen LogP contribution in [0.25, 0.3) is 0 Å². The van der Waals surface area contributed by atoms with Crippen LogP contribution in [0.3, 0.4) is 0 Å². The second-order valence-corrected chi connectivity index (χ2v) is 4.21. The standard InChI is InChI=1S/C9H18N2O2S/c1-9(2,8(10)14)6-11-7(12)4-5-13-3/h4-6H2,1-3H3,(H2,10,14)(H,11,12). The minimum Gasteiger partial charge on any atom is -0.393 e. The van der Waals surface area contributed by atoms with Gasteiger partial charge >= 0.3 is 0 Å². The summed E-state index contributed by atoms with van der Waals surface area (Å²) < 4.78 is 4.78. The molecule has 14 heavy (non-hydrogen) atoms. The fourth-order valence-electron chi connectivity index (χ4n) is 0.690. The average molecular weight is 218 g/mol. The highest BCUT2D eigenvalue weighted by molar-refractivity contribution is 7.80. The van der Waals surface area contributed by atoms with Gasteiger partial charge in [0.15, 0.2) is 0 Å². The van der Waals surface area contributed by atoms with E-state index in [-0.39, 0.29) is 11.3 Å². The number of hydrogen-bond donors (Lipinski definition) is 2. The lowest BCUT2D eigenvalue weighted by Gasteiger charge is -2.23. The van der Waals surface area contributed by atoms with Crippen LogP contribution >= 0.6 is 12.2 Å². The van der Waals surface area contributed by atoms with E-state index in [2.05, 4.69) is 5.32 Å². The van der Waals surface area contributed by atoms with Crippen molar-refractivity contribution in [3.8, 4) is 0 Å². The molecule has 0 spiro atoms. The van der Waals surface area contributed by atoms with Crippen molar-refractivity contribution in [2.75, 3.05) is 20.3 Å². The van der Waals surface area contributed by atoms with E-state index in [0.29, 0.717) is 24.6 Å². The first-order valence-electron chi connectivity index (χ1n) is 4.45. The van der Waals surface area contributed by atoms with Gasteiger partial charge in [0.1, 0.15) is 0 Å². The number of carbonyl (C=O) groups is 1. The molecule has 0 aliphatic heterocycles. The maximum atomic E-state index is 11.2. The lowest BCUT2D eigenvalue weighted by Crippen LogP contribution is -2.41. The highest BCUT2D eigenvalue weighted by atomic mass is 32.1. The zero-order valence-corrected chi connectivity index (χ0v) is 9.74. The summed E-state index contributed by atoms with van der Waals surface area (Å²) in [5.74, 6) is -0.0452. The number of rotatable bonds is 6. The minimum atomic E-state index is -0.335. The van der Waals surface area contributed by atoms with Crippen molar-refractivity contribution in [1.82, 2.24) is 5.32 Å². The second kappa shape index (κ2) is 5.93. The number of methoxy groups -OCH3 is 1. The molecular formula is C9H18N2O2S. The third-order valence-corrected chi connectivity index (χ3v) is 2.48. The van der Waals surface area contributed by atoms with Gasteiger partial charge in [0, 0.05) is 25.5 Å². The molecule has 0 fully saturated rings. The quantitative estimate of drug-likeness (QED) is 0.635. The first kappa shape index (κ1) is 13.3. The van der Waals surface area contributed by atoms with Gasteiger partial charge in [-0.25, -0.2) is 0 Å². The van der Waals surface area contributed by atoms with E-state index < -0.39 is 0 Å². The number of amides is 1. The number of carbonyl (C=O) groups excluding carboxylic acids is 1. The van der Waals surface area contributed by atoms with E-state index in [4.69, 9.17) is 22.7 Å². The molecule has 0 rings (SSSR count). The summed E-state index contributed by atoms with van der Waals surface area (Å²) in [5, 5.41) is 2.75. The fraction of sp³-hybridized carbons (Fsp3) is 0.778. The summed E-state index contributed by atoms with van der Waals surface area (Å²) in [5.41, 5.74) is 5.18. The molecule has 0 radical (unpaired) electrons. The lowest BCUT2D eigenvalue weighted by molar-refractivity contribution is -0.122. The van der Waals surface area contributed by atoms with Crippen LogP contribution in [0.4, 0.5) is 0 Å². The topological polar surface area (TPSA) is 64.3 Å². The van der Waals surface area contributed by atoms with Gasteiger partial charge in [-0.3, -0.25) is 4.79 Å². The Hall–Kier alpha value is -0.680. The molecule has 1 amide bonds. The van der Waals surface area contributed by atoms with Crippen LogP contribution in [-0.2, 0) is 9.53 Å². The van der Waals surface area contributed by atoms with E-state index in [1.54, 1.807) is 7.11 Å². The van der Waals surface area contributed by atoms with Gasteiger partial charge in [-0.1, -0.05) is 26.1 Å². The molecule has 0 aromatic rings. The number of hydrogen-bond acceptors (Lipinski definition) is 3. The van der Waals surface area contributed by atoms with Gasteiger partial charge in [-0.05, 0) is 0 Å². The summed E-state index contributed by atoms with van der Waals surface area (Å²) in [7, 11) is 1.56. The van der Waals surface area contributed by atoms with Crippen molar-refractivity contribution in [2.45, 2.75) is 20.3 Å². The predicted octanol–water partition coefficient (Wildman–Crippen LogP) is 0.451. The van der Waals surface area contributed by atoms with Crippen molar-refractivity contribution in [1.29, 1.82) is 0 Å². The van der Waals surface area contributed by atoms with Gasteiger partial charge < -0.3 is 15.8 Å². The highest BCUT2D eigenvalue weighted by Crippen LogP contribution is 2.13. The Morgan fingerprint density at radius 2 is 2.14 bits per heavy atom. The molecule has 3 N–H and O–H groups in total. The number of thiocarbonyl (C=S) groups is 1. The maximum absolute atomic E-state index is 11.2. The van der Waals surface area contributed by atoms with Crippen LogP contribution in [0.5, 0.6) is 0 Å². The molecular weight excluding hydrogens is 200 g/mol. The molecule has 4 nitrogen and oxygen atoms in total. The average Bonchev–Trinajstić information content (AvgIpc) is 2.11. The molecule has 82 valence electrons. The minimum absolute atomic E-state index is 0.0452. The van der Waals surface area contributed by atoms with Crippen LogP contribution in [0.2, 0.25) is 0 Å². The zero-order valence-electron chi connectivity index (χ0n) is 8.92. The Labute approximate surface area is 90.2 Å². The van der Waals surface area contributed by atoms with E-state index in [0.717, 1.165) is 0 Å². The molecule has 0 atom stereocenters. The smallest absolute Gasteiger partial charge is 0.222 e. The number of nitrogens with two attached hydrogens (primary N) is 1. The molecule has 0 saturated carbocycles. The van der Waals surface area contributed by atoms with Crippen LogP contribution in [0.15, 0.2) is 0 Å². The Bertz CT molecular complexity index is 217. The van der Waals surface area contributed by atoms with Gasteiger partial charge in [0.05, 0.1) is 11.6 Å². The molecule has 0 aromatic heterocycles. The Kier molecular flexibility index (Phi) is 5.64. The normalized spacial score (nSPS) is 11.1. The summed E-state index contributed by atoms with van der Waals surface area (Å²) in [6.45, 7) is 4.68. The molecule has 0 aromatic carbocycles. The largest absolute Gasteiger partial charge is 0.393 e. The van der Waals surface area contributed by atoms with E-state index in [9.17, 15) is 4.79 Å². The Balaban J connectivity index is 3.82. The fourth-order valence-corrected chi connectivity index (χ4v) is 0.762.